The Hall–Kier alpha value is -2.79. The molecule has 5 heteroatoms. The molecular weight excluding hydrogens is 340 g/mol. The van der Waals surface area contributed by atoms with Gasteiger partial charge in [-0.05, 0) is 49.2 Å². The van der Waals surface area contributed by atoms with Crippen LogP contribution in [0.25, 0.3) is 31.9 Å². The minimum Gasteiger partial charge on any atom is -0.357 e. The number of anilines is 1. The van der Waals surface area contributed by atoms with Gasteiger partial charge in [-0.1, -0.05) is 6.07 Å². The molecule has 4 aromatic rings. The zero-order chi connectivity index (χ0) is 17.3. The topological polar surface area (TPSA) is 41.9 Å². The molecule has 0 N–H and O–H groups in total. The summed E-state index contributed by atoms with van der Waals surface area (Å²) in [4.78, 5) is 18.3. The summed E-state index contributed by atoms with van der Waals surface area (Å²) < 4.78 is 0. The summed E-state index contributed by atoms with van der Waals surface area (Å²) in [7, 11) is 0. The van der Waals surface area contributed by atoms with Crippen molar-refractivity contribution < 1.29 is 0 Å². The molecule has 128 valence electrons. The largest absolute Gasteiger partial charge is 0.357 e. The summed E-state index contributed by atoms with van der Waals surface area (Å²) in [5, 5.41) is 1.17. The maximum atomic E-state index is 4.86. The van der Waals surface area contributed by atoms with Crippen LogP contribution in [-0.2, 0) is 0 Å². The minimum atomic E-state index is 0.970. The first-order chi connectivity index (χ1) is 12.9. The Morgan fingerprint density at radius 1 is 0.923 bits per heavy atom. The normalized spacial score (nSPS) is 14.2. The van der Waals surface area contributed by atoms with E-state index in [0.717, 1.165) is 40.6 Å². The summed E-state index contributed by atoms with van der Waals surface area (Å²) in [5.74, 6) is 1.07. The van der Waals surface area contributed by atoms with Crippen molar-refractivity contribution >= 4 is 27.4 Å². The first-order valence-corrected chi connectivity index (χ1v) is 9.71. The van der Waals surface area contributed by atoms with Crippen molar-refractivity contribution in [2.45, 2.75) is 12.8 Å². The quantitative estimate of drug-likeness (QED) is 0.516. The highest BCUT2D eigenvalue weighted by Gasteiger charge is 2.13. The molecule has 1 saturated heterocycles. The highest BCUT2D eigenvalue weighted by molar-refractivity contribution is 7.21. The average molecular weight is 358 g/mol. The van der Waals surface area contributed by atoms with Gasteiger partial charge in [0, 0.05) is 53.1 Å². The van der Waals surface area contributed by atoms with Crippen LogP contribution in [0.3, 0.4) is 0 Å². The minimum absolute atomic E-state index is 0.970. The average Bonchev–Trinajstić information content (AvgIpc) is 3.38. The monoisotopic (exact) mass is 358 g/mol. The molecule has 0 aromatic carbocycles. The van der Waals surface area contributed by atoms with Gasteiger partial charge in [-0.3, -0.25) is 4.98 Å². The van der Waals surface area contributed by atoms with Crippen LogP contribution in [0.15, 0.2) is 61.1 Å². The molecule has 0 unspecified atom stereocenters. The van der Waals surface area contributed by atoms with E-state index in [9.17, 15) is 0 Å². The molecule has 0 radical (unpaired) electrons. The molecule has 0 saturated carbocycles. The van der Waals surface area contributed by atoms with Crippen molar-refractivity contribution in [3.63, 3.8) is 0 Å². The van der Waals surface area contributed by atoms with Gasteiger partial charge < -0.3 is 4.90 Å². The van der Waals surface area contributed by atoms with Crippen LogP contribution >= 0.6 is 11.3 Å². The van der Waals surface area contributed by atoms with E-state index in [1.165, 1.54) is 23.1 Å². The Morgan fingerprint density at radius 3 is 2.62 bits per heavy atom. The van der Waals surface area contributed by atoms with Gasteiger partial charge in [-0.2, -0.15) is 0 Å². The van der Waals surface area contributed by atoms with E-state index in [1.807, 2.05) is 18.5 Å². The molecule has 5 heterocycles. The van der Waals surface area contributed by atoms with Crippen molar-refractivity contribution in [1.29, 1.82) is 0 Å². The molecule has 0 aliphatic carbocycles. The van der Waals surface area contributed by atoms with E-state index in [-0.39, 0.29) is 0 Å². The Balaban J connectivity index is 1.47. The predicted octanol–water partition coefficient (Wildman–Crippen LogP) is 5.02. The second-order valence-corrected chi connectivity index (χ2v) is 7.57. The molecule has 0 atom stereocenters. The first-order valence-electron chi connectivity index (χ1n) is 8.89. The van der Waals surface area contributed by atoms with Gasteiger partial charge in [-0.25, -0.2) is 9.97 Å². The number of rotatable bonds is 3. The molecule has 5 rings (SSSR count). The molecule has 1 aliphatic rings. The zero-order valence-corrected chi connectivity index (χ0v) is 15.1. The van der Waals surface area contributed by atoms with Crippen LogP contribution in [-0.4, -0.2) is 28.0 Å². The van der Waals surface area contributed by atoms with E-state index in [4.69, 9.17) is 4.98 Å². The molecular formula is C21H18N4S. The highest BCUT2D eigenvalue weighted by Crippen LogP contribution is 2.33. The number of hydrogen-bond acceptors (Lipinski definition) is 5. The van der Waals surface area contributed by atoms with Gasteiger partial charge in [0.2, 0.25) is 0 Å². The molecule has 0 bridgehead atoms. The van der Waals surface area contributed by atoms with Gasteiger partial charge >= 0.3 is 0 Å². The van der Waals surface area contributed by atoms with Crippen LogP contribution < -0.4 is 4.90 Å². The Bertz CT molecular complexity index is 1030. The lowest BCUT2D eigenvalue weighted by atomic mass is 10.1. The summed E-state index contributed by atoms with van der Waals surface area (Å²) in [5.41, 5.74) is 3.16. The lowest BCUT2D eigenvalue weighted by molar-refractivity contribution is 0.938. The van der Waals surface area contributed by atoms with E-state index in [2.05, 4.69) is 51.3 Å². The summed E-state index contributed by atoms with van der Waals surface area (Å²) in [6.07, 6.45) is 8.16. The second-order valence-electron chi connectivity index (χ2n) is 6.54. The van der Waals surface area contributed by atoms with Crippen molar-refractivity contribution in [2.24, 2.45) is 0 Å². The number of pyridine rings is 3. The molecule has 1 fully saturated rings. The van der Waals surface area contributed by atoms with E-state index in [1.54, 1.807) is 17.5 Å². The predicted molar refractivity (Wildman–Crippen MR) is 108 cm³/mol. The van der Waals surface area contributed by atoms with E-state index in [0.29, 0.717) is 0 Å². The smallest absolute Gasteiger partial charge is 0.128 e. The lowest BCUT2D eigenvalue weighted by Crippen LogP contribution is -2.18. The fourth-order valence-electron chi connectivity index (χ4n) is 3.40. The molecule has 0 spiro atoms. The number of fused-ring (bicyclic) bond motifs is 1. The first kappa shape index (κ1) is 15.5. The van der Waals surface area contributed by atoms with Crippen LogP contribution in [0.5, 0.6) is 0 Å². The third-order valence-electron chi connectivity index (χ3n) is 4.80. The van der Waals surface area contributed by atoms with Gasteiger partial charge in [0.15, 0.2) is 0 Å². The van der Waals surface area contributed by atoms with Crippen LogP contribution in [0, 0.1) is 0 Å². The van der Waals surface area contributed by atoms with Crippen LogP contribution in [0.2, 0.25) is 0 Å². The van der Waals surface area contributed by atoms with Crippen molar-refractivity contribution in [3.05, 3.63) is 61.1 Å². The number of hydrogen-bond donors (Lipinski definition) is 0. The Labute approximate surface area is 156 Å². The lowest BCUT2D eigenvalue weighted by Gasteiger charge is -2.16. The molecule has 26 heavy (non-hydrogen) atoms. The fourth-order valence-corrected chi connectivity index (χ4v) is 4.42. The van der Waals surface area contributed by atoms with E-state index >= 15 is 0 Å². The van der Waals surface area contributed by atoms with Gasteiger partial charge in [0.25, 0.3) is 0 Å². The maximum Gasteiger partial charge on any atom is 0.128 e. The summed E-state index contributed by atoms with van der Waals surface area (Å²) in [6, 6.07) is 14.7. The molecule has 0 amide bonds. The number of nitrogens with zero attached hydrogens (tertiary/aromatic N) is 4. The zero-order valence-electron chi connectivity index (χ0n) is 14.3. The molecule has 4 aromatic heterocycles. The standard InChI is InChI=1S/C21H18N4S/c1-2-11-25(10-1)20-8-6-16(14-23-20)18-7-5-15-12-19(26-21(15)24-18)17-4-3-9-22-13-17/h3-9,12-14H,1-2,10-11H2. The van der Waals surface area contributed by atoms with Crippen LogP contribution in [0.1, 0.15) is 12.8 Å². The van der Waals surface area contributed by atoms with Gasteiger partial charge in [-0.15, -0.1) is 11.3 Å². The van der Waals surface area contributed by atoms with Crippen molar-refractivity contribution in [1.82, 2.24) is 15.0 Å². The van der Waals surface area contributed by atoms with Gasteiger partial charge in [0.05, 0.1) is 5.69 Å². The summed E-state index contributed by atoms with van der Waals surface area (Å²) in [6.45, 7) is 2.23. The van der Waals surface area contributed by atoms with E-state index < -0.39 is 0 Å². The Morgan fingerprint density at radius 2 is 1.85 bits per heavy atom. The van der Waals surface area contributed by atoms with Crippen molar-refractivity contribution in [3.8, 4) is 21.7 Å². The fraction of sp³-hybridized carbons (Fsp3) is 0.190. The third kappa shape index (κ3) is 2.84. The SMILES string of the molecule is c1cncc(-c2cc3ccc(-c4ccc(N5CCCC5)nc4)nc3s2)c1. The van der Waals surface area contributed by atoms with Gasteiger partial charge in [0.1, 0.15) is 10.6 Å². The number of thiophene rings is 1. The molecule has 1 aliphatic heterocycles. The second kappa shape index (κ2) is 6.50. The summed E-state index contributed by atoms with van der Waals surface area (Å²) >= 11 is 1.70. The van der Waals surface area contributed by atoms with Crippen molar-refractivity contribution in [2.75, 3.05) is 18.0 Å². The van der Waals surface area contributed by atoms with Crippen LogP contribution in [0.4, 0.5) is 5.82 Å². The third-order valence-corrected chi connectivity index (χ3v) is 5.90. The Kier molecular flexibility index (Phi) is 3.87. The number of aromatic nitrogens is 3. The maximum absolute atomic E-state index is 4.86. The highest BCUT2D eigenvalue weighted by atomic mass is 32.1. The molecule has 4 nitrogen and oxygen atoms in total.